The molecule has 112 valence electrons. The lowest BCUT2D eigenvalue weighted by molar-refractivity contribution is -0.0141. The average molecular weight is 277 g/mol. The highest BCUT2D eigenvalue weighted by atomic mass is 16.5. The number of aryl methyl sites for hydroxylation is 1. The van der Waals surface area contributed by atoms with Crippen LogP contribution in [0, 0.1) is 6.92 Å². The van der Waals surface area contributed by atoms with Crippen molar-refractivity contribution in [1.29, 1.82) is 0 Å². The molecule has 0 radical (unpaired) electrons. The summed E-state index contributed by atoms with van der Waals surface area (Å²) in [5, 5.41) is 7.98. The third-order valence-corrected chi connectivity index (χ3v) is 4.52. The third-order valence-electron chi connectivity index (χ3n) is 4.52. The van der Waals surface area contributed by atoms with Gasteiger partial charge in [0.1, 0.15) is 0 Å². The van der Waals surface area contributed by atoms with E-state index in [1.54, 1.807) is 0 Å². The minimum absolute atomic E-state index is 0.0425. The lowest BCUT2D eigenvalue weighted by atomic mass is 9.89. The number of aromatic nitrogens is 2. The summed E-state index contributed by atoms with van der Waals surface area (Å²) in [6.07, 6.45) is 8.32. The molecule has 4 heteroatoms. The number of hydrogen-bond acceptors (Lipinski definition) is 3. The summed E-state index contributed by atoms with van der Waals surface area (Å²) in [6, 6.07) is 0.364. The molecule has 1 saturated heterocycles. The first-order valence-electron chi connectivity index (χ1n) is 7.52. The van der Waals surface area contributed by atoms with Crippen LogP contribution in [-0.2, 0) is 18.3 Å². The Labute approximate surface area is 122 Å². The Morgan fingerprint density at radius 3 is 3.00 bits per heavy atom. The molecule has 1 fully saturated rings. The Balaban J connectivity index is 2.00. The number of rotatable bonds is 7. The quantitative estimate of drug-likeness (QED) is 0.779. The largest absolute Gasteiger partial charge is 0.374 e. The number of hydrogen-bond donors (Lipinski definition) is 1. The molecule has 0 bridgehead atoms. The monoisotopic (exact) mass is 277 g/mol. The predicted molar refractivity (Wildman–Crippen MR) is 81.6 cm³/mol. The Morgan fingerprint density at radius 2 is 2.45 bits per heavy atom. The van der Waals surface area contributed by atoms with Gasteiger partial charge in [-0.25, -0.2) is 0 Å². The zero-order chi connectivity index (χ0) is 14.6. The second kappa shape index (κ2) is 6.55. The Kier molecular flexibility index (Phi) is 5.00. The third kappa shape index (κ3) is 3.30. The fourth-order valence-electron chi connectivity index (χ4n) is 2.93. The van der Waals surface area contributed by atoms with Gasteiger partial charge in [-0.15, -0.1) is 6.58 Å². The Bertz CT molecular complexity index is 447. The zero-order valence-electron chi connectivity index (χ0n) is 13.0. The fraction of sp³-hybridized carbons (Fsp3) is 0.688. The standard InChI is InChI=1S/C16H27N3O/c1-5-6-8-15(16(3)9-7-10-20-16)17-11-14-12-18-19(4)13(14)2/h5,12,15,17H,1,6-11H2,2-4H3. The van der Waals surface area contributed by atoms with Gasteiger partial charge < -0.3 is 10.1 Å². The van der Waals surface area contributed by atoms with E-state index < -0.39 is 0 Å². The van der Waals surface area contributed by atoms with Crippen molar-refractivity contribution in [2.45, 2.75) is 57.7 Å². The normalized spacial score (nSPS) is 23.9. The van der Waals surface area contributed by atoms with E-state index in [-0.39, 0.29) is 5.60 Å². The molecule has 2 heterocycles. The van der Waals surface area contributed by atoms with Crippen LogP contribution < -0.4 is 5.32 Å². The van der Waals surface area contributed by atoms with Crippen molar-refractivity contribution in [3.63, 3.8) is 0 Å². The molecule has 0 aromatic carbocycles. The molecule has 1 aromatic rings. The number of ether oxygens (including phenoxy) is 1. The molecule has 0 aliphatic carbocycles. The second-order valence-corrected chi connectivity index (χ2v) is 5.94. The van der Waals surface area contributed by atoms with Crippen molar-refractivity contribution in [2.75, 3.05) is 6.61 Å². The van der Waals surface area contributed by atoms with Gasteiger partial charge in [0, 0.05) is 37.5 Å². The van der Waals surface area contributed by atoms with Gasteiger partial charge in [-0.05, 0) is 39.5 Å². The fourth-order valence-corrected chi connectivity index (χ4v) is 2.93. The molecule has 2 atom stereocenters. The van der Waals surface area contributed by atoms with Gasteiger partial charge in [0.05, 0.1) is 11.8 Å². The van der Waals surface area contributed by atoms with Gasteiger partial charge in [-0.2, -0.15) is 5.10 Å². The van der Waals surface area contributed by atoms with Crippen LogP contribution in [0.1, 0.15) is 43.9 Å². The highest BCUT2D eigenvalue weighted by molar-refractivity contribution is 5.15. The van der Waals surface area contributed by atoms with Crippen molar-refractivity contribution < 1.29 is 4.74 Å². The van der Waals surface area contributed by atoms with Crippen molar-refractivity contribution in [3.8, 4) is 0 Å². The van der Waals surface area contributed by atoms with Crippen LogP contribution in [0.25, 0.3) is 0 Å². The summed E-state index contributed by atoms with van der Waals surface area (Å²) in [4.78, 5) is 0. The van der Waals surface area contributed by atoms with E-state index in [9.17, 15) is 0 Å². The van der Waals surface area contributed by atoms with Crippen LogP contribution in [0.15, 0.2) is 18.9 Å². The van der Waals surface area contributed by atoms with Gasteiger partial charge in [0.15, 0.2) is 0 Å². The lowest BCUT2D eigenvalue weighted by Crippen LogP contribution is -2.48. The van der Waals surface area contributed by atoms with E-state index in [2.05, 4.69) is 30.8 Å². The van der Waals surface area contributed by atoms with Crippen molar-refractivity contribution in [2.24, 2.45) is 7.05 Å². The van der Waals surface area contributed by atoms with Crippen LogP contribution >= 0.6 is 0 Å². The molecular formula is C16H27N3O. The highest BCUT2D eigenvalue weighted by Crippen LogP contribution is 2.31. The summed E-state index contributed by atoms with van der Waals surface area (Å²) in [7, 11) is 1.98. The van der Waals surface area contributed by atoms with Gasteiger partial charge in [-0.3, -0.25) is 4.68 Å². The zero-order valence-corrected chi connectivity index (χ0v) is 13.0. The predicted octanol–water partition coefficient (Wildman–Crippen LogP) is 2.72. The number of allylic oxidation sites excluding steroid dienone is 1. The maximum atomic E-state index is 6.01. The highest BCUT2D eigenvalue weighted by Gasteiger charge is 2.37. The Morgan fingerprint density at radius 1 is 1.65 bits per heavy atom. The van der Waals surface area contributed by atoms with E-state index >= 15 is 0 Å². The molecule has 0 spiro atoms. The van der Waals surface area contributed by atoms with Gasteiger partial charge >= 0.3 is 0 Å². The molecule has 0 amide bonds. The minimum atomic E-state index is -0.0425. The van der Waals surface area contributed by atoms with Crippen LogP contribution in [0.3, 0.4) is 0 Å². The lowest BCUT2D eigenvalue weighted by Gasteiger charge is -2.34. The summed E-state index contributed by atoms with van der Waals surface area (Å²) in [5.41, 5.74) is 2.44. The van der Waals surface area contributed by atoms with Gasteiger partial charge in [0.25, 0.3) is 0 Å². The first kappa shape index (κ1) is 15.3. The first-order valence-corrected chi connectivity index (χ1v) is 7.52. The van der Waals surface area contributed by atoms with E-state index in [0.717, 1.165) is 38.8 Å². The summed E-state index contributed by atoms with van der Waals surface area (Å²) < 4.78 is 7.93. The summed E-state index contributed by atoms with van der Waals surface area (Å²) in [5.74, 6) is 0. The summed E-state index contributed by atoms with van der Waals surface area (Å²) >= 11 is 0. The Hall–Kier alpha value is -1.13. The molecular weight excluding hydrogens is 250 g/mol. The van der Waals surface area contributed by atoms with Crippen LogP contribution in [-0.4, -0.2) is 28.0 Å². The van der Waals surface area contributed by atoms with Gasteiger partial charge in [0.2, 0.25) is 0 Å². The van der Waals surface area contributed by atoms with E-state index in [0.29, 0.717) is 6.04 Å². The summed E-state index contributed by atoms with van der Waals surface area (Å²) in [6.45, 7) is 9.91. The van der Waals surface area contributed by atoms with E-state index in [1.807, 2.05) is 24.0 Å². The van der Waals surface area contributed by atoms with Crippen LogP contribution in [0.2, 0.25) is 0 Å². The SMILES string of the molecule is C=CCCC(NCc1cnn(C)c1C)C1(C)CCCO1. The molecule has 1 N–H and O–H groups in total. The average Bonchev–Trinajstić information content (AvgIpc) is 3.00. The molecule has 0 saturated carbocycles. The smallest absolute Gasteiger partial charge is 0.0807 e. The molecule has 2 unspecified atom stereocenters. The molecule has 2 rings (SSSR count). The van der Waals surface area contributed by atoms with Crippen LogP contribution in [0.4, 0.5) is 0 Å². The molecule has 1 aromatic heterocycles. The number of nitrogens with zero attached hydrogens (tertiary/aromatic N) is 2. The first-order chi connectivity index (χ1) is 9.57. The van der Waals surface area contributed by atoms with Crippen molar-refractivity contribution in [3.05, 3.63) is 30.1 Å². The molecule has 1 aliphatic heterocycles. The molecule has 20 heavy (non-hydrogen) atoms. The molecule has 1 aliphatic rings. The topological polar surface area (TPSA) is 39.1 Å². The van der Waals surface area contributed by atoms with Gasteiger partial charge in [-0.1, -0.05) is 6.08 Å². The van der Waals surface area contributed by atoms with E-state index in [1.165, 1.54) is 11.3 Å². The number of nitrogens with one attached hydrogen (secondary N) is 1. The maximum absolute atomic E-state index is 6.01. The molecule has 4 nitrogen and oxygen atoms in total. The van der Waals surface area contributed by atoms with Crippen molar-refractivity contribution >= 4 is 0 Å². The van der Waals surface area contributed by atoms with Crippen LogP contribution in [0.5, 0.6) is 0 Å². The van der Waals surface area contributed by atoms with Crippen molar-refractivity contribution in [1.82, 2.24) is 15.1 Å². The second-order valence-electron chi connectivity index (χ2n) is 5.94. The minimum Gasteiger partial charge on any atom is -0.374 e. The maximum Gasteiger partial charge on any atom is 0.0807 e. The van der Waals surface area contributed by atoms with E-state index in [4.69, 9.17) is 4.74 Å².